The van der Waals surface area contributed by atoms with Crippen LogP contribution in [0.4, 0.5) is 5.13 Å². The Bertz CT molecular complexity index is 984. The lowest BCUT2D eigenvalue weighted by molar-refractivity contribution is -0.118. The number of hydrogen-bond donors (Lipinski definition) is 3. The van der Waals surface area contributed by atoms with Crippen LogP contribution >= 0.6 is 11.3 Å². The summed E-state index contributed by atoms with van der Waals surface area (Å²) >= 11 is 1.26. The number of nitrogens with zero attached hydrogens (tertiary/aromatic N) is 2. The highest BCUT2D eigenvalue weighted by atomic mass is 32.1. The standard InChI is InChI=1S/C22H25N3O3S/c26-12-20(27)19-13-29-22(24-19)25-21(28)17(10-14-4-1-2-5-14)15-7-8-18-16(11-15)6-3-9-23-18/h3,6-9,11,13-14,17,20,26-27H,1-2,4-5,10,12H2,(H,24,25,28). The van der Waals surface area contributed by atoms with Gasteiger partial charge in [-0.15, -0.1) is 11.3 Å². The second-order valence-corrected chi connectivity index (χ2v) is 8.52. The number of aliphatic hydroxyl groups excluding tert-OH is 2. The number of anilines is 1. The van der Waals surface area contributed by atoms with Crippen molar-refractivity contribution in [3.05, 3.63) is 53.2 Å². The zero-order valence-electron chi connectivity index (χ0n) is 16.1. The molecule has 0 saturated heterocycles. The number of benzene rings is 1. The highest BCUT2D eigenvalue weighted by Gasteiger charge is 2.27. The van der Waals surface area contributed by atoms with Gasteiger partial charge in [0.2, 0.25) is 5.91 Å². The first-order valence-corrected chi connectivity index (χ1v) is 10.9. The molecule has 2 atom stereocenters. The third-order valence-electron chi connectivity index (χ3n) is 5.66. The fourth-order valence-corrected chi connectivity index (χ4v) is 4.83. The quantitative estimate of drug-likeness (QED) is 0.546. The number of carbonyl (C=O) groups excluding carboxylic acids is 1. The summed E-state index contributed by atoms with van der Waals surface area (Å²) in [5.74, 6) is 0.204. The topological polar surface area (TPSA) is 95.3 Å². The summed E-state index contributed by atoms with van der Waals surface area (Å²) in [7, 11) is 0. The molecule has 3 N–H and O–H groups in total. The number of thiazole rings is 1. The second-order valence-electron chi connectivity index (χ2n) is 7.66. The zero-order chi connectivity index (χ0) is 20.2. The van der Waals surface area contributed by atoms with E-state index in [0.717, 1.165) is 22.9 Å². The van der Waals surface area contributed by atoms with Crippen molar-refractivity contribution in [1.29, 1.82) is 0 Å². The lowest BCUT2D eigenvalue weighted by Gasteiger charge is -2.20. The van der Waals surface area contributed by atoms with E-state index in [1.807, 2.05) is 24.3 Å². The second kappa shape index (κ2) is 8.98. The molecule has 4 rings (SSSR count). The Hall–Kier alpha value is -2.35. The Kier molecular flexibility index (Phi) is 6.18. The van der Waals surface area contributed by atoms with Gasteiger partial charge in [0.05, 0.1) is 23.7 Å². The van der Waals surface area contributed by atoms with Crippen LogP contribution in [0.5, 0.6) is 0 Å². The fourth-order valence-electron chi connectivity index (χ4n) is 4.07. The van der Waals surface area contributed by atoms with Gasteiger partial charge in [0.1, 0.15) is 6.10 Å². The summed E-state index contributed by atoms with van der Waals surface area (Å²) in [6.07, 6.45) is 6.36. The van der Waals surface area contributed by atoms with Crippen molar-refractivity contribution in [3.8, 4) is 0 Å². The van der Waals surface area contributed by atoms with Crippen molar-refractivity contribution >= 4 is 33.3 Å². The SMILES string of the molecule is O=C(Nc1nc(C(O)CO)cs1)C(CC1CCCC1)c1ccc2ncccc2c1. The number of aromatic nitrogens is 2. The van der Waals surface area contributed by atoms with Crippen LogP contribution in [-0.2, 0) is 4.79 Å². The van der Waals surface area contributed by atoms with Crippen LogP contribution in [0.1, 0.15) is 55.4 Å². The van der Waals surface area contributed by atoms with Gasteiger partial charge in [0.15, 0.2) is 5.13 Å². The van der Waals surface area contributed by atoms with E-state index in [4.69, 9.17) is 5.11 Å². The maximum Gasteiger partial charge on any atom is 0.233 e. The van der Waals surface area contributed by atoms with E-state index in [2.05, 4.69) is 21.4 Å². The van der Waals surface area contributed by atoms with Crippen LogP contribution in [0, 0.1) is 5.92 Å². The molecule has 6 nitrogen and oxygen atoms in total. The van der Waals surface area contributed by atoms with Crippen LogP contribution in [0.15, 0.2) is 41.9 Å². The molecule has 29 heavy (non-hydrogen) atoms. The Balaban J connectivity index is 1.58. The highest BCUT2D eigenvalue weighted by molar-refractivity contribution is 7.13. The van der Waals surface area contributed by atoms with E-state index in [9.17, 15) is 9.90 Å². The van der Waals surface area contributed by atoms with E-state index in [1.54, 1.807) is 11.6 Å². The summed E-state index contributed by atoms with van der Waals surface area (Å²) < 4.78 is 0. The molecule has 1 aliphatic rings. The van der Waals surface area contributed by atoms with Crippen LogP contribution in [0.3, 0.4) is 0 Å². The molecule has 0 aliphatic heterocycles. The average molecular weight is 412 g/mol. The summed E-state index contributed by atoms with van der Waals surface area (Å²) in [6.45, 7) is -0.396. The number of nitrogens with one attached hydrogen (secondary N) is 1. The summed E-state index contributed by atoms with van der Waals surface area (Å²) in [4.78, 5) is 21.8. The third kappa shape index (κ3) is 4.63. The molecule has 1 amide bonds. The highest BCUT2D eigenvalue weighted by Crippen LogP contribution is 2.36. The molecule has 3 aromatic rings. The summed E-state index contributed by atoms with van der Waals surface area (Å²) in [5, 5.41) is 24.9. The molecule has 7 heteroatoms. The van der Waals surface area contributed by atoms with Gasteiger partial charge in [-0.1, -0.05) is 37.8 Å². The Labute approximate surface area is 173 Å². The van der Waals surface area contributed by atoms with E-state index >= 15 is 0 Å². The molecule has 2 aromatic heterocycles. The number of rotatable bonds is 7. The monoisotopic (exact) mass is 411 g/mol. The summed E-state index contributed by atoms with van der Waals surface area (Å²) in [6, 6.07) is 9.95. The zero-order valence-corrected chi connectivity index (χ0v) is 16.9. The van der Waals surface area contributed by atoms with Crippen molar-refractivity contribution in [2.45, 2.75) is 44.1 Å². The molecule has 152 valence electrons. The summed E-state index contributed by atoms with van der Waals surface area (Å²) in [5.41, 5.74) is 2.28. The Morgan fingerprint density at radius 3 is 2.90 bits per heavy atom. The molecule has 1 fully saturated rings. The first-order valence-electron chi connectivity index (χ1n) is 10.0. The minimum absolute atomic E-state index is 0.0838. The van der Waals surface area contributed by atoms with Crippen LogP contribution in [0.2, 0.25) is 0 Å². The largest absolute Gasteiger partial charge is 0.393 e. The normalized spacial score (nSPS) is 16.8. The van der Waals surface area contributed by atoms with E-state index in [-0.39, 0.29) is 11.8 Å². The minimum Gasteiger partial charge on any atom is -0.393 e. The van der Waals surface area contributed by atoms with Gasteiger partial charge >= 0.3 is 0 Å². The first kappa shape index (κ1) is 19.9. The molecule has 1 aliphatic carbocycles. The van der Waals surface area contributed by atoms with Crippen molar-refractivity contribution < 1.29 is 15.0 Å². The molecular weight excluding hydrogens is 386 g/mol. The third-order valence-corrected chi connectivity index (χ3v) is 6.43. The van der Waals surface area contributed by atoms with E-state index < -0.39 is 12.7 Å². The van der Waals surface area contributed by atoms with Crippen molar-refractivity contribution in [1.82, 2.24) is 9.97 Å². The molecule has 0 bridgehead atoms. The average Bonchev–Trinajstić information content (AvgIpc) is 3.43. The number of amides is 1. The molecular formula is C22H25N3O3S. The maximum atomic E-state index is 13.2. The number of aliphatic hydroxyl groups is 2. The number of pyridine rings is 1. The Morgan fingerprint density at radius 1 is 1.28 bits per heavy atom. The molecule has 2 heterocycles. The predicted octanol–water partition coefficient (Wildman–Crippen LogP) is 4.02. The first-order chi connectivity index (χ1) is 14.1. The van der Waals surface area contributed by atoms with Gasteiger partial charge in [-0.25, -0.2) is 4.98 Å². The molecule has 1 saturated carbocycles. The minimum atomic E-state index is -1.03. The predicted molar refractivity (Wildman–Crippen MR) is 114 cm³/mol. The lowest BCUT2D eigenvalue weighted by atomic mass is 9.86. The van der Waals surface area contributed by atoms with Gasteiger partial charge in [0.25, 0.3) is 0 Å². The lowest BCUT2D eigenvalue weighted by Crippen LogP contribution is -2.23. The van der Waals surface area contributed by atoms with Crippen LogP contribution in [0.25, 0.3) is 10.9 Å². The van der Waals surface area contributed by atoms with Gasteiger partial charge in [0, 0.05) is 17.0 Å². The van der Waals surface area contributed by atoms with Gasteiger partial charge in [-0.2, -0.15) is 0 Å². The van der Waals surface area contributed by atoms with Crippen molar-refractivity contribution in [2.75, 3.05) is 11.9 Å². The Morgan fingerprint density at radius 2 is 2.10 bits per heavy atom. The molecule has 2 unspecified atom stereocenters. The molecule has 0 spiro atoms. The van der Waals surface area contributed by atoms with E-state index in [1.165, 1.54) is 37.0 Å². The van der Waals surface area contributed by atoms with Gasteiger partial charge < -0.3 is 15.5 Å². The number of hydrogen-bond acceptors (Lipinski definition) is 6. The van der Waals surface area contributed by atoms with Crippen molar-refractivity contribution in [3.63, 3.8) is 0 Å². The van der Waals surface area contributed by atoms with Crippen LogP contribution < -0.4 is 5.32 Å². The molecule has 0 radical (unpaired) electrons. The maximum absolute atomic E-state index is 13.2. The number of carbonyl (C=O) groups is 1. The van der Waals surface area contributed by atoms with Crippen LogP contribution in [-0.4, -0.2) is 32.7 Å². The number of fused-ring (bicyclic) bond motifs is 1. The smallest absolute Gasteiger partial charge is 0.233 e. The van der Waals surface area contributed by atoms with E-state index in [0.29, 0.717) is 16.7 Å². The van der Waals surface area contributed by atoms with Crippen molar-refractivity contribution in [2.24, 2.45) is 5.92 Å². The van der Waals surface area contributed by atoms with Gasteiger partial charge in [-0.05, 0) is 36.1 Å². The molecule has 1 aromatic carbocycles. The fraction of sp³-hybridized carbons (Fsp3) is 0.409. The van der Waals surface area contributed by atoms with Gasteiger partial charge in [-0.3, -0.25) is 9.78 Å².